The first-order valence-corrected chi connectivity index (χ1v) is 7.82. The fourth-order valence-corrected chi connectivity index (χ4v) is 1.45. The van der Waals surface area contributed by atoms with Crippen LogP contribution in [0.25, 0.3) is 0 Å². The molecule has 26 heavy (non-hydrogen) atoms. The molecule has 9 heteroatoms. The lowest BCUT2D eigenvalue weighted by atomic mass is 10.1. The van der Waals surface area contributed by atoms with E-state index in [4.69, 9.17) is 9.59 Å². The van der Waals surface area contributed by atoms with E-state index in [1.165, 1.54) is 6.92 Å². The van der Waals surface area contributed by atoms with Crippen LogP contribution in [0.5, 0.6) is 0 Å². The molecule has 0 spiro atoms. The van der Waals surface area contributed by atoms with E-state index in [1.807, 2.05) is 0 Å². The van der Waals surface area contributed by atoms with Crippen LogP contribution in [0.3, 0.4) is 0 Å². The van der Waals surface area contributed by atoms with Gasteiger partial charge in [0.25, 0.3) is 0 Å². The normalized spacial score (nSPS) is 13.5. The number of carbonyl (C=O) groups is 5. The van der Waals surface area contributed by atoms with Crippen LogP contribution in [-0.2, 0) is 43.0 Å². The molecule has 0 aromatic carbocycles. The van der Waals surface area contributed by atoms with Crippen molar-refractivity contribution in [1.82, 2.24) is 0 Å². The van der Waals surface area contributed by atoms with E-state index in [0.717, 1.165) is 39.9 Å². The van der Waals surface area contributed by atoms with Crippen molar-refractivity contribution >= 4 is 35.4 Å². The van der Waals surface area contributed by atoms with Crippen molar-refractivity contribution in [2.24, 2.45) is 11.8 Å². The zero-order chi connectivity index (χ0) is 20.7. The van der Waals surface area contributed by atoms with Crippen LogP contribution >= 0.6 is 0 Å². The Kier molecular flexibility index (Phi) is 14.4. The molecule has 0 aliphatic heterocycles. The van der Waals surface area contributed by atoms with E-state index in [-0.39, 0.29) is 30.1 Å². The van der Waals surface area contributed by atoms with Crippen molar-refractivity contribution in [2.45, 2.75) is 46.0 Å². The summed E-state index contributed by atoms with van der Waals surface area (Å²) >= 11 is 0. The highest BCUT2D eigenvalue weighted by Crippen LogP contribution is 2.30. The van der Waals surface area contributed by atoms with Gasteiger partial charge < -0.3 is 9.47 Å². The number of ether oxygens (including phenoxy) is 2. The molecule has 0 unspecified atom stereocenters. The van der Waals surface area contributed by atoms with E-state index in [2.05, 4.69) is 9.47 Å². The summed E-state index contributed by atoms with van der Waals surface area (Å²) in [7, 11) is 2.22. The average Bonchev–Trinajstić information content (AvgIpc) is 3.45. The van der Waals surface area contributed by atoms with Crippen molar-refractivity contribution < 1.29 is 43.0 Å². The Bertz CT molecular complexity index is 522. The largest absolute Gasteiger partial charge is 0.461 e. The van der Waals surface area contributed by atoms with Crippen molar-refractivity contribution in [2.75, 3.05) is 14.2 Å². The van der Waals surface area contributed by atoms with Gasteiger partial charge in [0.15, 0.2) is 0 Å². The van der Waals surface area contributed by atoms with E-state index < -0.39 is 11.9 Å². The highest BCUT2D eigenvalue weighted by atomic mass is 16.6. The standard InChI is InChI=1S/C7H10O2.C5H8O.C4H6O4.CO2/c1-5(8)4-7(9)6-2-3-6;1-4(6)5-2-3-5;1-7-3(5)4(6)8-2;2-1-3/h6H,2-4H2,1H3;5H,2-3H2,1H3;1-2H3;. The quantitative estimate of drug-likeness (QED) is 0.396. The Labute approximate surface area is 151 Å². The van der Waals surface area contributed by atoms with Crippen LogP contribution < -0.4 is 0 Å². The topological polar surface area (TPSA) is 138 Å². The molecule has 2 aliphatic rings. The van der Waals surface area contributed by atoms with Crippen LogP contribution in [-0.4, -0.2) is 49.7 Å². The molecule has 0 heterocycles. The Morgan fingerprint density at radius 3 is 1.31 bits per heavy atom. The average molecular weight is 372 g/mol. The van der Waals surface area contributed by atoms with Gasteiger partial charge in [0.2, 0.25) is 0 Å². The molecule has 0 saturated heterocycles. The summed E-state index contributed by atoms with van der Waals surface area (Å²) in [6.45, 7) is 3.12. The lowest BCUT2D eigenvalue weighted by molar-refractivity contribution is -0.191. The predicted octanol–water partition coefficient (Wildman–Crippen LogP) is 0.679. The molecule has 9 nitrogen and oxygen atoms in total. The minimum Gasteiger partial charge on any atom is -0.461 e. The molecular weight excluding hydrogens is 348 g/mol. The molecule has 0 aromatic rings. The number of hydrogen-bond acceptors (Lipinski definition) is 9. The van der Waals surface area contributed by atoms with Gasteiger partial charge in [-0.15, -0.1) is 0 Å². The van der Waals surface area contributed by atoms with Crippen molar-refractivity contribution in [3.05, 3.63) is 0 Å². The molecule has 0 N–H and O–H groups in total. The van der Waals surface area contributed by atoms with Crippen molar-refractivity contribution in [1.29, 1.82) is 0 Å². The van der Waals surface area contributed by atoms with E-state index in [1.54, 1.807) is 6.92 Å². The lowest BCUT2D eigenvalue weighted by Crippen LogP contribution is -2.16. The molecule has 0 amide bonds. The molecule has 0 radical (unpaired) electrons. The third kappa shape index (κ3) is 16.2. The second-order valence-electron chi connectivity index (χ2n) is 5.57. The van der Waals surface area contributed by atoms with Crippen molar-refractivity contribution in [3.8, 4) is 0 Å². The van der Waals surface area contributed by atoms with Crippen LogP contribution in [0.1, 0.15) is 46.0 Å². The maximum atomic E-state index is 10.8. The van der Waals surface area contributed by atoms with Gasteiger partial charge in [-0.05, 0) is 39.5 Å². The number of methoxy groups -OCH3 is 2. The molecule has 0 aromatic heterocycles. The highest BCUT2D eigenvalue weighted by molar-refractivity contribution is 6.29. The van der Waals surface area contributed by atoms with Gasteiger partial charge in [0.05, 0.1) is 20.6 Å². The van der Waals surface area contributed by atoms with Crippen LogP contribution in [0.15, 0.2) is 0 Å². The minimum atomic E-state index is -0.979. The van der Waals surface area contributed by atoms with Gasteiger partial charge in [0, 0.05) is 11.8 Å². The zero-order valence-electron chi connectivity index (χ0n) is 15.4. The maximum absolute atomic E-state index is 10.8. The Morgan fingerprint density at radius 2 is 1.15 bits per heavy atom. The first kappa shape index (κ1) is 25.6. The summed E-state index contributed by atoms with van der Waals surface area (Å²) in [5, 5.41) is 0. The monoisotopic (exact) mass is 372 g/mol. The first-order chi connectivity index (χ1) is 12.1. The molecule has 2 aliphatic carbocycles. The van der Waals surface area contributed by atoms with Crippen LogP contribution in [0.4, 0.5) is 0 Å². The Hall–Kier alpha value is -2.67. The van der Waals surface area contributed by atoms with Gasteiger partial charge in [-0.1, -0.05) is 0 Å². The molecule has 0 bridgehead atoms. The van der Waals surface area contributed by atoms with Crippen LogP contribution in [0.2, 0.25) is 0 Å². The summed E-state index contributed by atoms with van der Waals surface area (Å²) in [5.74, 6) is -0.747. The van der Waals surface area contributed by atoms with Gasteiger partial charge in [-0.3, -0.25) is 14.4 Å². The number of Topliss-reactive ketones (excluding diaryl/α,β-unsaturated/α-hetero) is 3. The third-order valence-corrected chi connectivity index (χ3v) is 3.15. The summed E-state index contributed by atoms with van der Waals surface area (Å²) < 4.78 is 7.98. The SMILES string of the molecule is CC(=O)C1CC1.CC(=O)CC(=O)C1CC1.COC(=O)C(=O)OC.O=C=O. The number of ketones is 3. The molecular formula is C17H24O9. The Morgan fingerprint density at radius 1 is 0.808 bits per heavy atom. The molecule has 146 valence electrons. The predicted molar refractivity (Wildman–Crippen MR) is 85.5 cm³/mol. The Balaban J connectivity index is 0. The number of carbonyl (C=O) groups excluding carboxylic acids is 7. The van der Waals surface area contributed by atoms with Gasteiger partial charge in [0.1, 0.15) is 17.3 Å². The van der Waals surface area contributed by atoms with Crippen LogP contribution in [0, 0.1) is 11.8 Å². The van der Waals surface area contributed by atoms with E-state index in [9.17, 15) is 24.0 Å². The maximum Gasteiger partial charge on any atom is 0.417 e. The smallest absolute Gasteiger partial charge is 0.417 e. The lowest BCUT2D eigenvalue weighted by Gasteiger charge is -1.92. The van der Waals surface area contributed by atoms with E-state index >= 15 is 0 Å². The second kappa shape index (κ2) is 14.7. The number of esters is 2. The fourth-order valence-electron chi connectivity index (χ4n) is 1.45. The number of rotatable bonds is 4. The van der Waals surface area contributed by atoms with Gasteiger partial charge >= 0.3 is 18.1 Å². The number of hydrogen-bond donors (Lipinski definition) is 0. The fraction of sp³-hybridized carbons (Fsp3) is 0.647. The third-order valence-electron chi connectivity index (χ3n) is 3.15. The summed E-state index contributed by atoms with van der Waals surface area (Å²) in [5.41, 5.74) is 0. The van der Waals surface area contributed by atoms with Gasteiger partial charge in [-0.2, -0.15) is 9.59 Å². The van der Waals surface area contributed by atoms with E-state index in [0.29, 0.717) is 11.7 Å². The molecule has 0 atom stereocenters. The minimum absolute atomic E-state index is 0.00750. The summed E-state index contributed by atoms with van der Waals surface area (Å²) in [6.07, 6.45) is 4.72. The first-order valence-electron chi connectivity index (χ1n) is 7.82. The van der Waals surface area contributed by atoms with Gasteiger partial charge in [-0.25, -0.2) is 9.59 Å². The highest BCUT2D eigenvalue weighted by Gasteiger charge is 2.29. The molecule has 2 rings (SSSR count). The van der Waals surface area contributed by atoms with Crippen molar-refractivity contribution in [3.63, 3.8) is 0 Å². The summed E-state index contributed by atoms with van der Waals surface area (Å²) in [6, 6.07) is 0. The zero-order valence-corrected chi connectivity index (χ0v) is 15.4. The molecule has 2 saturated carbocycles. The molecule has 2 fully saturated rings. The summed E-state index contributed by atoms with van der Waals surface area (Å²) in [4.78, 5) is 67.7. The second-order valence-corrected chi connectivity index (χ2v) is 5.57.